The number of rotatable bonds is 11. The Morgan fingerprint density at radius 3 is 2.56 bits per heavy atom. The molecule has 1 aromatic rings. The maximum absolute atomic E-state index is 11.8. The van der Waals surface area contributed by atoms with Crippen LogP contribution in [0.2, 0.25) is 0 Å². The van der Waals surface area contributed by atoms with Crippen LogP contribution >= 0.6 is 0 Å². The third-order valence-electron chi connectivity index (χ3n) is 5.20. The Kier molecular flexibility index (Phi) is 9.42. The van der Waals surface area contributed by atoms with Crippen LogP contribution in [0.1, 0.15) is 50.0 Å². The molecule has 0 radical (unpaired) electrons. The SMILES string of the molecule is COCOc1cccc(C=CC[C@@H]2OC(C)(C)O[C@@H]2C(O)C=C[C@@H](C)[C@H](C)O)c1C(=O)O. The van der Waals surface area contributed by atoms with Gasteiger partial charge in [0.15, 0.2) is 12.6 Å². The second-order valence-corrected chi connectivity index (χ2v) is 8.33. The van der Waals surface area contributed by atoms with Crippen LogP contribution in [0.5, 0.6) is 5.75 Å². The molecule has 178 valence electrons. The highest BCUT2D eigenvalue weighted by atomic mass is 16.8. The van der Waals surface area contributed by atoms with Gasteiger partial charge in [-0.25, -0.2) is 4.79 Å². The first-order valence-corrected chi connectivity index (χ1v) is 10.6. The van der Waals surface area contributed by atoms with Crippen LogP contribution in [-0.2, 0) is 14.2 Å². The molecule has 1 saturated heterocycles. The van der Waals surface area contributed by atoms with E-state index in [0.29, 0.717) is 12.0 Å². The number of hydrogen-bond acceptors (Lipinski definition) is 7. The van der Waals surface area contributed by atoms with Gasteiger partial charge >= 0.3 is 5.97 Å². The van der Waals surface area contributed by atoms with Gasteiger partial charge in [0.25, 0.3) is 0 Å². The van der Waals surface area contributed by atoms with Crippen LogP contribution in [0, 0.1) is 5.92 Å². The van der Waals surface area contributed by atoms with E-state index in [-0.39, 0.29) is 24.0 Å². The molecule has 1 aromatic carbocycles. The molecule has 8 heteroatoms. The first kappa shape index (κ1) is 26.0. The van der Waals surface area contributed by atoms with Crippen LogP contribution in [0.15, 0.2) is 36.4 Å². The minimum atomic E-state index is -1.11. The van der Waals surface area contributed by atoms with E-state index in [9.17, 15) is 20.1 Å². The molecule has 1 aliphatic heterocycles. The first-order valence-electron chi connectivity index (χ1n) is 10.6. The van der Waals surface area contributed by atoms with E-state index in [1.807, 2.05) is 6.92 Å². The van der Waals surface area contributed by atoms with E-state index >= 15 is 0 Å². The molecular formula is C24H34O8. The summed E-state index contributed by atoms with van der Waals surface area (Å²) in [5.74, 6) is -1.87. The average molecular weight is 451 g/mol. The molecule has 2 rings (SSSR count). The Balaban J connectivity index is 2.16. The second kappa shape index (κ2) is 11.6. The highest BCUT2D eigenvalue weighted by Gasteiger charge is 2.43. The minimum absolute atomic E-state index is 0.0383. The molecule has 8 nitrogen and oxygen atoms in total. The topological polar surface area (TPSA) is 115 Å². The van der Waals surface area contributed by atoms with E-state index in [1.54, 1.807) is 63.3 Å². The molecule has 0 aliphatic carbocycles. The molecule has 0 aromatic heterocycles. The van der Waals surface area contributed by atoms with E-state index in [0.717, 1.165) is 0 Å². The number of aliphatic hydroxyl groups is 2. The number of methoxy groups -OCH3 is 1. The summed E-state index contributed by atoms with van der Waals surface area (Å²) in [5, 5.41) is 29.9. The molecule has 0 spiro atoms. The molecule has 0 amide bonds. The van der Waals surface area contributed by atoms with Crippen molar-refractivity contribution in [3.05, 3.63) is 47.6 Å². The molecule has 1 unspecified atom stereocenters. The zero-order chi connectivity index (χ0) is 23.9. The molecule has 1 fully saturated rings. The molecule has 0 bridgehead atoms. The predicted octanol–water partition coefficient (Wildman–Crippen LogP) is 3.22. The van der Waals surface area contributed by atoms with Crippen molar-refractivity contribution in [1.29, 1.82) is 0 Å². The summed E-state index contributed by atoms with van der Waals surface area (Å²) in [6, 6.07) is 4.96. The van der Waals surface area contributed by atoms with Gasteiger partial charge in [-0.15, -0.1) is 0 Å². The first-order chi connectivity index (χ1) is 15.1. The van der Waals surface area contributed by atoms with E-state index in [4.69, 9.17) is 18.9 Å². The Hall–Kier alpha value is -2.23. The molecule has 5 atom stereocenters. The van der Waals surface area contributed by atoms with E-state index in [1.165, 1.54) is 7.11 Å². The van der Waals surface area contributed by atoms with Gasteiger partial charge in [0.1, 0.15) is 23.5 Å². The van der Waals surface area contributed by atoms with E-state index < -0.39 is 36.2 Å². The van der Waals surface area contributed by atoms with Crippen LogP contribution in [0.3, 0.4) is 0 Å². The number of carboxylic acids is 1. The smallest absolute Gasteiger partial charge is 0.340 e. The van der Waals surface area contributed by atoms with Crippen LogP contribution in [0.25, 0.3) is 6.08 Å². The lowest BCUT2D eigenvalue weighted by Gasteiger charge is -2.20. The summed E-state index contributed by atoms with van der Waals surface area (Å²) < 4.78 is 22.1. The van der Waals surface area contributed by atoms with Gasteiger partial charge in [0, 0.05) is 7.11 Å². The monoisotopic (exact) mass is 450 g/mol. The number of aromatic carboxylic acids is 1. The fraction of sp³-hybridized carbons (Fsp3) is 0.542. The fourth-order valence-corrected chi connectivity index (χ4v) is 3.38. The molecule has 1 aliphatic rings. The lowest BCUT2D eigenvalue weighted by atomic mass is 10.00. The maximum Gasteiger partial charge on any atom is 0.340 e. The van der Waals surface area contributed by atoms with Crippen molar-refractivity contribution in [2.24, 2.45) is 5.92 Å². The van der Waals surface area contributed by atoms with Crippen molar-refractivity contribution in [3.63, 3.8) is 0 Å². The van der Waals surface area contributed by atoms with Crippen LogP contribution < -0.4 is 4.74 Å². The molecule has 0 saturated carbocycles. The zero-order valence-corrected chi connectivity index (χ0v) is 19.2. The lowest BCUT2D eigenvalue weighted by molar-refractivity contribution is -0.152. The van der Waals surface area contributed by atoms with Crippen molar-refractivity contribution >= 4 is 12.0 Å². The number of carbonyl (C=O) groups is 1. The Bertz CT molecular complexity index is 814. The number of carboxylic acid groups (broad SMARTS) is 1. The summed E-state index contributed by atoms with van der Waals surface area (Å²) in [5.41, 5.74) is 0.517. The van der Waals surface area contributed by atoms with Gasteiger partial charge in [0.05, 0.1) is 12.2 Å². The number of aliphatic hydroxyl groups excluding tert-OH is 2. The van der Waals surface area contributed by atoms with Crippen molar-refractivity contribution in [2.75, 3.05) is 13.9 Å². The summed E-state index contributed by atoms with van der Waals surface area (Å²) in [7, 11) is 1.46. The predicted molar refractivity (Wildman–Crippen MR) is 119 cm³/mol. The zero-order valence-electron chi connectivity index (χ0n) is 19.2. The van der Waals surface area contributed by atoms with Gasteiger partial charge in [0.2, 0.25) is 0 Å². The Morgan fingerprint density at radius 2 is 1.94 bits per heavy atom. The van der Waals surface area contributed by atoms with Crippen molar-refractivity contribution in [1.82, 2.24) is 0 Å². The van der Waals surface area contributed by atoms with Crippen molar-refractivity contribution < 1.29 is 39.1 Å². The summed E-state index contributed by atoms with van der Waals surface area (Å²) in [6.07, 6.45) is 4.74. The summed E-state index contributed by atoms with van der Waals surface area (Å²) in [6.45, 7) is 7.04. The third-order valence-corrected chi connectivity index (χ3v) is 5.20. The van der Waals surface area contributed by atoms with Crippen molar-refractivity contribution in [3.8, 4) is 5.75 Å². The normalized spacial score (nSPS) is 23.5. The van der Waals surface area contributed by atoms with E-state index in [2.05, 4.69) is 0 Å². The number of hydrogen-bond donors (Lipinski definition) is 3. The van der Waals surface area contributed by atoms with Crippen LogP contribution in [0.4, 0.5) is 0 Å². The second-order valence-electron chi connectivity index (χ2n) is 8.33. The fourth-order valence-electron chi connectivity index (χ4n) is 3.38. The maximum atomic E-state index is 11.8. The average Bonchev–Trinajstić information content (AvgIpc) is 3.04. The largest absolute Gasteiger partial charge is 0.478 e. The summed E-state index contributed by atoms with van der Waals surface area (Å²) >= 11 is 0. The Morgan fingerprint density at radius 1 is 1.22 bits per heavy atom. The quantitative estimate of drug-likeness (QED) is 0.348. The molecule has 3 N–H and O–H groups in total. The standard InChI is InChI=1S/C24H34O8/c1-15(16(2)25)12-13-18(26)22-20(31-24(3,4)32-22)11-7-9-17-8-6-10-19(30-14-29-5)21(17)23(27)28/h6-10,12-13,15-16,18,20,22,25-26H,11,14H2,1-5H3,(H,27,28)/t15-,16+,18?,20+,22-/m1/s1. The van der Waals surface area contributed by atoms with Gasteiger partial charge < -0.3 is 34.3 Å². The minimum Gasteiger partial charge on any atom is -0.478 e. The van der Waals surface area contributed by atoms with Gasteiger partial charge in [-0.3, -0.25) is 0 Å². The highest BCUT2D eigenvalue weighted by Crippen LogP contribution is 2.33. The van der Waals surface area contributed by atoms with Crippen LogP contribution in [-0.4, -0.2) is 65.4 Å². The number of ether oxygens (including phenoxy) is 4. The molecular weight excluding hydrogens is 416 g/mol. The Labute approximate surface area is 189 Å². The third kappa shape index (κ3) is 7.15. The molecule has 32 heavy (non-hydrogen) atoms. The van der Waals surface area contributed by atoms with Gasteiger partial charge in [-0.1, -0.05) is 43.4 Å². The molecule has 1 heterocycles. The van der Waals surface area contributed by atoms with Gasteiger partial charge in [-0.05, 0) is 44.7 Å². The number of benzene rings is 1. The highest BCUT2D eigenvalue weighted by molar-refractivity contribution is 5.95. The van der Waals surface area contributed by atoms with Gasteiger partial charge in [-0.2, -0.15) is 0 Å². The van der Waals surface area contributed by atoms with Crippen molar-refractivity contribution in [2.45, 2.75) is 64.3 Å². The lowest BCUT2D eigenvalue weighted by Crippen LogP contribution is -2.34. The summed E-state index contributed by atoms with van der Waals surface area (Å²) in [4.78, 5) is 11.8.